The number of carbonyl (C=O) groups excluding carboxylic acids is 1. The molecule has 3 heteroatoms. The van der Waals surface area contributed by atoms with Crippen molar-refractivity contribution < 1.29 is 4.79 Å². The molecule has 1 amide bonds. The van der Waals surface area contributed by atoms with Gasteiger partial charge in [-0.2, -0.15) is 0 Å². The van der Waals surface area contributed by atoms with E-state index < -0.39 is 0 Å². The number of hydrogen-bond donors (Lipinski definition) is 1. The number of halogens is 1. The molecule has 0 saturated heterocycles. The normalized spacial score (nSPS) is 16.2. The van der Waals surface area contributed by atoms with E-state index in [1.165, 1.54) is 0 Å². The van der Waals surface area contributed by atoms with E-state index in [-0.39, 0.29) is 5.91 Å². The Morgan fingerprint density at radius 3 is 2.80 bits per heavy atom. The Morgan fingerprint density at radius 2 is 2.20 bits per heavy atom. The molecule has 0 unspecified atom stereocenters. The van der Waals surface area contributed by atoms with E-state index >= 15 is 0 Å². The molecule has 1 aliphatic rings. The van der Waals surface area contributed by atoms with Crippen LogP contribution in [0.25, 0.3) is 10.1 Å². The van der Waals surface area contributed by atoms with Crippen molar-refractivity contribution in [1.29, 1.82) is 0 Å². The predicted octanol–water partition coefficient (Wildman–Crippen LogP) is 1.72. The molecule has 0 aromatic heterocycles. The lowest BCUT2D eigenvalue weighted by molar-refractivity contribution is -0.111. The quantitative estimate of drug-likeness (QED) is 0.824. The third kappa shape index (κ3) is 1.61. The van der Waals surface area contributed by atoms with Crippen molar-refractivity contribution in [2.24, 2.45) is 0 Å². The zero-order valence-corrected chi connectivity index (χ0v) is 10.3. The van der Waals surface area contributed by atoms with E-state index in [0.717, 1.165) is 32.6 Å². The number of rotatable bonds is 1. The molecule has 0 bridgehead atoms. The molecule has 1 heterocycles. The fourth-order valence-corrected chi connectivity index (χ4v) is 2.25. The van der Waals surface area contributed by atoms with Crippen LogP contribution in [0.1, 0.15) is 20.3 Å². The minimum absolute atomic E-state index is 0.0358. The molecule has 0 spiro atoms. The summed E-state index contributed by atoms with van der Waals surface area (Å²) in [4.78, 5) is 11.7. The van der Waals surface area contributed by atoms with Crippen LogP contribution in [0.15, 0.2) is 18.2 Å². The van der Waals surface area contributed by atoms with Crippen molar-refractivity contribution in [3.05, 3.63) is 28.6 Å². The minimum atomic E-state index is 0.0358. The van der Waals surface area contributed by atoms with Gasteiger partial charge in [-0.3, -0.25) is 4.79 Å². The maximum absolute atomic E-state index is 11.7. The van der Waals surface area contributed by atoms with Crippen LogP contribution in [-0.2, 0) is 4.79 Å². The minimum Gasteiger partial charge on any atom is -0.322 e. The number of anilines is 1. The SMILES string of the molecule is CCC1=c2c(ccc/c2=C(/C)Br)NC1=O. The molecule has 1 aromatic carbocycles. The second-order valence-corrected chi connectivity index (χ2v) is 4.74. The molecule has 0 fully saturated rings. The molecular formula is C12H12BrNO. The summed E-state index contributed by atoms with van der Waals surface area (Å²) in [6, 6.07) is 5.92. The first-order valence-corrected chi connectivity index (χ1v) is 5.74. The van der Waals surface area contributed by atoms with E-state index in [1.807, 2.05) is 32.0 Å². The van der Waals surface area contributed by atoms with Crippen molar-refractivity contribution in [1.82, 2.24) is 0 Å². The van der Waals surface area contributed by atoms with Gasteiger partial charge in [-0.05, 0) is 29.1 Å². The molecular weight excluding hydrogens is 254 g/mol. The standard InChI is InChI=1S/C12H12BrNO/c1-3-8-11-9(7(2)13)5-4-6-10(11)14-12(8)15/h4-6H,3H2,1-2H3,(H,14,15)/b9-7+. The highest BCUT2D eigenvalue weighted by atomic mass is 79.9. The van der Waals surface area contributed by atoms with Crippen molar-refractivity contribution in [3.8, 4) is 0 Å². The van der Waals surface area contributed by atoms with Crippen LogP contribution in [0.4, 0.5) is 5.69 Å². The van der Waals surface area contributed by atoms with Crippen LogP contribution in [0.5, 0.6) is 0 Å². The molecule has 0 atom stereocenters. The van der Waals surface area contributed by atoms with E-state index in [2.05, 4.69) is 21.2 Å². The first-order valence-electron chi connectivity index (χ1n) is 4.95. The van der Waals surface area contributed by atoms with Gasteiger partial charge in [-0.1, -0.05) is 35.0 Å². The summed E-state index contributed by atoms with van der Waals surface area (Å²) < 4.78 is 1.06. The van der Waals surface area contributed by atoms with Crippen LogP contribution in [-0.4, -0.2) is 5.91 Å². The van der Waals surface area contributed by atoms with E-state index in [9.17, 15) is 4.79 Å². The summed E-state index contributed by atoms with van der Waals surface area (Å²) in [7, 11) is 0. The van der Waals surface area contributed by atoms with Crippen molar-refractivity contribution >= 4 is 37.6 Å². The van der Waals surface area contributed by atoms with Gasteiger partial charge in [0.05, 0.1) is 0 Å². The zero-order chi connectivity index (χ0) is 11.0. The highest BCUT2D eigenvalue weighted by Crippen LogP contribution is 2.13. The van der Waals surface area contributed by atoms with Crippen LogP contribution >= 0.6 is 15.9 Å². The second-order valence-electron chi connectivity index (χ2n) is 3.55. The first kappa shape index (κ1) is 10.4. The Hall–Kier alpha value is -1.09. The third-order valence-corrected chi connectivity index (χ3v) is 3.04. The highest BCUT2D eigenvalue weighted by Gasteiger charge is 2.18. The van der Waals surface area contributed by atoms with Crippen LogP contribution < -0.4 is 15.8 Å². The Morgan fingerprint density at radius 1 is 1.47 bits per heavy atom. The summed E-state index contributed by atoms with van der Waals surface area (Å²) in [5.74, 6) is 0.0358. The average molecular weight is 266 g/mol. The first-order chi connectivity index (χ1) is 7.15. The summed E-state index contributed by atoms with van der Waals surface area (Å²) in [6.45, 7) is 4.00. The maximum Gasteiger partial charge on any atom is 0.252 e. The predicted molar refractivity (Wildman–Crippen MR) is 66.0 cm³/mol. The summed E-state index contributed by atoms with van der Waals surface area (Å²) in [5.41, 5.74) is 1.80. The van der Waals surface area contributed by atoms with Gasteiger partial charge in [-0.25, -0.2) is 0 Å². The zero-order valence-electron chi connectivity index (χ0n) is 8.73. The van der Waals surface area contributed by atoms with E-state index in [0.29, 0.717) is 0 Å². The number of benzene rings is 1. The molecule has 0 radical (unpaired) electrons. The highest BCUT2D eigenvalue weighted by molar-refractivity contribution is 9.14. The molecule has 15 heavy (non-hydrogen) atoms. The largest absolute Gasteiger partial charge is 0.322 e. The van der Waals surface area contributed by atoms with Gasteiger partial charge in [0.15, 0.2) is 0 Å². The molecule has 0 aliphatic carbocycles. The summed E-state index contributed by atoms with van der Waals surface area (Å²) in [6.07, 6.45) is 0.760. The van der Waals surface area contributed by atoms with Gasteiger partial charge in [-0.15, -0.1) is 0 Å². The molecule has 0 saturated carbocycles. The van der Waals surface area contributed by atoms with Crippen molar-refractivity contribution in [3.63, 3.8) is 0 Å². The maximum atomic E-state index is 11.7. The van der Waals surface area contributed by atoms with Gasteiger partial charge in [0.25, 0.3) is 5.91 Å². The smallest absolute Gasteiger partial charge is 0.252 e. The fraction of sp³-hybridized carbons (Fsp3) is 0.250. The summed E-state index contributed by atoms with van der Waals surface area (Å²) >= 11 is 3.48. The molecule has 2 nitrogen and oxygen atoms in total. The number of fused-ring (bicyclic) bond motifs is 1. The number of amides is 1. The Kier molecular flexibility index (Phi) is 2.65. The molecule has 1 aromatic rings. The topological polar surface area (TPSA) is 29.1 Å². The Bertz CT molecular complexity index is 541. The van der Waals surface area contributed by atoms with Gasteiger partial charge in [0.2, 0.25) is 0 Å². The van der Waals surface area contributed by atoms with Gasteiger partial charge in [0.1, 0.15) is 0 Å². The fourth-order valence-electron chi connectivity index (χ4n) is 1.92. The monoisotopic (exact) mass is 265 g/mol. The second kappa shape index (κ2) is 3.81. The lowest BCUT2D eigenvalue weighted by Crippen LogP contribution is -2.26. The van der Waals surface area contributed by atoms with E-state index in [1.54, 1.807) is 0 Å². The van der Waals surface area contributed by atoms with Gasteiger partial charge in [0, 0.05) is 16.5 Å². The van der Waals surface area contributed by atoms with Crippen LogP contribution in [0.3, 0.4) is 0 Å². The van der Waals surface area contributed by atoms with Crippen molar-refractivity contribution in [2.45, 2.75) is 20.3 Å². The van der Waals surface area contributed by atoms with Crippen molar-refractivity contribution in [2.75, 3.05) is 5.32 Å². The van der Waals surface area contributed by atoms with Crippen LogP contribution in [0.2, 0.25) is 0 Å². The number of hydrogen-bond acceptors (Lipinski definition) is 1. The summed E-state index contributed by atoms with van der Waals surface area (Å²) in [5, 5.41) is 5.04. The van der Waals surface area contributed by atoms with Gasteiger partial charge >= 0.3 is 0 Å². The molecule has 1 N–H and O–H groups in total. The average Bonchev–Trinajstić information content (AvgIpc) is 2.52. The molecule has 2 rings (SSSR count). The lowest BCUT2D eigenvalue weighted by Gasteiger charge is -1.96. The van der Waals surface area contributed by atoms with E-state index in [4.69, 9.17) is 0 Å². The molecule has 1 aliphatic heterocycles. The van der Waals surface area contributed by atoms with Gasteiger partial charge < -0.3 is 5.32 Å². The van der Waals surface area contributed by atoms with Crippen LogP contribution in [0, 0.1) is 0 Å². The number of nitrogens with one attached hydrogen (secondary N) is 1. The third-order valence-electron chi connectivity index (χ3n) is 2.61. The Labute approximate surface area is 96.8 Å². The Balaban J connectivity index is 2.97. The molecule has 78 valence electrons. The lowest BCUT2D eigenvalue weighted by atomic mass is 10.1. The number of carbonyl (C=O) groups is 1.